The van der Waals surface area contributed by atoms with E-state index in [2.05, 4.69) is 4.90 Å². The minimum atomic E-state index is -0.176. The largest absolute Gasteiger partial charge is 0.381 e. The molecule has 1 saturated heterocycles. The summed E-state index contributed by atoms with van der Waals surface area (Å²) in [7, 11) is 0. The van der Waals surface area contributed by atoms with Gasteiger partial charge in [0.2, 0.25) is 5.91 Å². The molecule has 118 valence electrons. The lowest BCUT2D eigenvalue weighted by molar-refractivity contribution is -0.134. The molecule has 1 aromatic carbocycles. The van der Waals surface area contributed by atoms with E-state index in [4.69, 9.17) is 4.74 Å². The normalized spacial score (nSPS) is 30.3. The van der Waals surface area contributed by atoms with Crippen molar-refractivity contribution in [2.45, 2.75) is 37.6 Å². The van der Waals surface area contributed by atoms with E-state index in [0.29, 0.717) is 17.5 Å². The highest BCUT2D eigenvalue weighted by molar-refractivity contribution is 5.83. The minimum Gasteiger partial charge on any atom is -0.381 e. The van der Waals surface area contributed by atoms with Gasteiger partial charge in [0.25, 0.3) is 0 Å². The highest BCUT2D eigenvalue weighted by Crippen LogP contribution is 2.50. The third-order valence-corrected chi connectivity index (χ3v) is 5.16. The standard InChI is InChI=1S/C18H22FNO2/c19-17-4-2-1-3-14(17)15-9-16(15)18(21)20(13-5-6-13)10-12-7-8-22-11-12/h1-4,12-13,15-16H,5-11H2/t12-,15-,16-/m1/s1. The molecule has 3 nitrogen and oxygen atoms in total. The Bertz CT molecular complexity index is 566. The van der Waals surface area contributed by atoms with Crippen molar-refractivity contribution in [2.24, 2.45) is 11.8 Å². The number of hydrogen-bond donors (Lipinski definition) is 0. The van der Waals surface area contributed by atoms with E-state index in [1.165, 1.54) is 6.07 Å². The summed E-state index contributed by atoms with van der Waals surface area (Å²) in [5.74, 6) is 0.609. The maximum Gasteiger partial charge on any atom is 0.226 e. The monoisotopic (exact) mass is 303 g/mol. The van der Waals surface area contributed by atoms with Crippen LogP contribution in [0.2, 0.25) is 0 Å². The first kappa shape index (κ1) is 14.2. The number of halogens is 1. The first-order valence-electron chi connectivity index (χ1n) is 8.36. The topological polar surface area (TPSA) is 29.5 Å². The van der Waals surface area contributed by atoms with E-state index in [9.17, 15) is 9.18 Å². The molecule has 1 heterocycles. The van der Waals surface area contributed by atoms with Crippen LogP contribution < -0.4 is 0 Å². The Morgan fingerprint density at radius 1 is 1.27 bits per heavy atom. The molecule has 4 heteroatoms. The predicted octanol–water partition coefficient (Wildman–Crippen LogP) is 2.96. The fourth-order valence-corrected chi connectivity index (χ4v) is 3.61. The maximum atomic E-state index is 13.9. The average Bonchev–Trinajstić information content (AvgIpc) is 3.44. The van der Waals surface area contributed by atoms with E-state index >= 15 is 0 Å². The Morgan fingerprint density at radius 2 is 2.09 bits per heavy atom. The van der Waals surface area contributed by atoms with Gasteiger partial charge < -0.3 is 9.64 Å². The molecule has 3 aliphatic rings. The fraction of sp³-hybridized carbons (Fsp3) is 0.611. The van der Waals surface area contributed by atoms with Crippen molar-refractivity contribution in [1.82, 2.24) is 4.90 Å². The van der Waals surface area contributed by atoms with E-state index in [0.717, 1.165) is 45.4 Å². The van der Waals surface area contributed by atoms with Gasteiger partial charge in [-0.3, -0.25) is 4.79 Å². The third kappa shape index (κ3) is 2.76. The molecule has 4 rings (SSSR count). The average molecular weight is 303 g/mol. The molecule has 3 fully saturated rings. The van der Waals surface area contributed by atoms with Crippen molar-refractivity contribution >= 4 is 5.91 Å². The van der Waals surface area contributed by atoms with Gasteiger partial charge in [0.1, 0.15) is 5.82 Å². The van der Waals surface area contributed by atoms with E-state index in [-0.39, 0.29) is 23.6 Å². The molecule has 0 spiro atoms. The second-order valence-corrected chi connectivity index (χ2v) is 6.92. The minimum absolute atomic E-state index is 0.0141. The second-order valence-electron chi connectivity index (χ2n) is 6.92. The van der Waals surface area contributed by atoms with Crippen molar-refractivity contribution < 1.29 is 13.9 Å². The number of benzene rings is 1. The van der Waals surface area contributed by atoms with E-state index in [1.54, 1.807) is 6.07 Å². The number of amides is 1. The molecule has 3 atom stereocenters. The zero-order chi connectivity index (χ0) is 15.1. The van der Waals surface area contributed by atoms with Crippen molar-refractivity contribution in [1.29, 1.82) is 0 Å². The fourth-order valence-electron chi connectivity index (χ4n) is 3.61. The van der Waals surface area contributed by atoms with E-state index in [1.807, 2.05) is 12.1 Å². The summed E-state index contributed by atoms with van der Waals surface area (Å²) in [5.41, 5.74) is 0.709. The maximum absolute atomic E-state index is 13.9. The SMILES string of the molecule is O=C([C@@H]1C[C@@H]1c1ccccc1F)N(C[C@H]1CCOC1)C1CC1. The summed E-state index contributed by atoms with van der Waals surface area (Å²) in [6.07, 6.45) is 4.09. The molecule has 22 heavy (non-hydrogen) atoms. The summed E-state index contributed by atoms with van der Waals surface area (Å²) >= 11 is 0. The number of nitrogens with zero attached hydrogens (tertiary/aromatic N) is 1. The molecule has 0 N–H and O–H groups in total. The molecule has 0 radical (unpaired) electrons. The first-order chi connectivity index (χ1) is 10.7. The van der Waals surface area contributed by atoms with Gasteiger partial charge in [0.05, 0.1) is 6.61 Å². The number of carbonyl (C=O) groups excluding carboxylic acids is 1. The zero-order valence-electron chi connectivity index (χ0n) is 12.7. The molecule has 0 aromatic heterocycles. The Morgan fingerprint density at radius 3 is 2.77 bits per heavy atom. The van der Waals surface area contributed by atoms with Crippen LogP contribution in [0.5, 0.6) is 0 Å². The number of carbonyl (C=O) groups is 1. The van der Waals surface area contributed by atoms with Gasteiger partial charge in [-0.25, -0.2) is 4.39 Å². The van der Waals surface area contributed by atoms with E-state index < -0.39 is 0 Å². The van der Waals surface area contributed by atoms with Crippen LogP contribution in [0.15, 0.2) is 24.3 Å². The zero-order valence-corrected chi connectivity index (χ0v) is 12.7. The van der Waals surface area contributed by atoms with Gasteiger partial charge in [-0.1, -0.05) is 18.2 Å². The Kier molecular flexibility index (Phi) is 3.65. The van der Waals surface area contributed by atoms with Gasteiger partial charge in [-0.15, -0.1) is 0 Å². The molecular weight excluding hydrogens is 281 g/mol. The summed E-state index contributed by atoms with van der Waals surface area (Å²) < 4.78 is 19.3. The summed E-state index contributed by atoms with van der Waals surface area (Å²) in [6, 6.07) is 7.29. The van der Waals surface area contributed by atoms with Crippen LogP contribution in [-0.4, -0.2) is 36.6 Å². The van der Waals surface area contributed by atoms with Gasteiger partial charge in [0, 0.05) is 31.0 Å². The molecule has 1 amide bonds. The van der Waals surface area contributed by atoms with Gasteiger partial charge >= 0.3 is 0 Å². The number of hydrogen-bond acceptors (Lipinski definition) is 2. The molecule has 1 aromatic rings. The molecule has 2 aliphatic carbocycles. The summed E-state index contributed by atoms with van der Waals surface area (Å²) in [6.45, 7) is 2.42. The highest BCUT2D eigenvalue weighted by Gasteiger charge is 2.49. The Balaban J connectivity index is 1.43. The summed E-state index contributed by atoms with van der Waals surface area (Å²) in [4.78, 5) is 14.9. The molecular formula is C18H22FNO2. The number of rotatable bonds is 5. The second kappa shape index (κ2) is 5.65. The van der Waals surface area contributed by atoms with Crippen LogP contribution in [0.4, 0.5) is 4.39 Å². The predicted molar refractivity (Wildman–Crippen MR) is 80.9 cm³/mol. The lowest BCUT2D eigenvalue weighted by Gasteiger charge is -2.25. The lowest BCUT2D eigenvalue weighted by Crippen LogP contribution is -2.38. The van der Waals surface area contributed by atoms with Gasteiger partial charge in [-0.2, -0.15) is 0 Å². The van der Waals surface area contributed by atoms with Crippen LogP contribution in [0, 0.1) is 17.7 Å². The summed E-state index contributed by atoms with van der Waals surface area (Å²) in [5, 5.41) is 0. The molecule has 0 unspecified atom stereocenters. The first-order valence-corrected chi connectivity index (χ1v) is 8.36. The van der Waals surface area contributed by atoms with Crippen LogP contribution >= 0.6 is 0 Å². The smallest absolute Gasteiger partial charge is 0.226 e. The van der Waals surface area contributed by atoms with Crippen LogP contribution in [0.25, 0.3) is 0 Å². The van der Waals surface area contributed by atoms with Crippen molar-refractivity contribution in [3.8, 4) is 0 Å². The van der Waals surface area contributed by atoms with Crippen LogP contribution in [0.3, 0.4) is 0 Å². The van der Waals surface area contributed by atoms with Gasteiger partial charge in [-0.05, 0) is 43.2 Å². The molecule has 2 saturated carbocycles. The van der Waals surface area contributed by atoms with Crippen molar-refractivity contribution in [3.63, 3.8) is 0 Å². The van der Waals surface area contributed by atoms with Crippen LogP contribution in [0.1, 0.15) is 37.2 Å². The van der Waals surface area contributed by atoms with Crippen LogP contribution in [-0.2, 0) is 9.53 Å². The molecule has 0 bridgehead atoms. The van der Waals surface area contributed by atoms with Crippen molar-refractivity contribution in [2.75, 3.05) is 19.8 Å². The Labute approximate surface area is 130 Å². The number of ether oxygens (including phenoxy) is 1. The van der Waals surface area contributed by atoms with Crippen molar-refractivity contribution in [3.05, 3.63) is 35.6 Å². The lowest BCUT2D eigenvalue weighted by atomic mass is 10.1. The van der Waals surface area contributed by atoms with Gasteiger partial charge in [0.15, 0.2) is 0 Å². The third-order valence-electron chi connectivity index (χ3n) is 5.16. The quantitative estimate of drug-likeness (QED) is 0.837. The molecule has 1 aliphatic heterocycles. The highest BCUT2D eigenvalue weighted by atomic mass is 19.1. The Hall–Kier alpha value is -1.42.